The summed E-state index contributed by atoms with van der Waals surface area (Å²) in [6, 6.07) is -0.153. The minimum Gasteiger partial charge on any atom is -0.477 e. The van der Waals surface area contributed by atoms with Gasteiger partial charge < -0.3 is 20.3 Å². The summed E-state index contributed by atoms with van der Waals surface area (Å²) in [5, 5.41) is 19.3. The first kappa shape index (κ1) is 18.5. The van der Waals surface area contributed by atoms with Gasteiger partial charge in [-0.25, -0.2) is 13.6 Å². The molecule has 2 aromatic heterocycles. The predicted molar refractivity (Wildman–Crippen MR) is 104 cm³/mol. The SMILES string of the molecule is Nc1c(F)c(N2CC[C@@H](c3cn[nH]n3)C2)c(F)c2c1c(=O)c(C(=O)O)cn2C1CC1. The number of nitrogen functional groups attached to an aromatic ring is 1. The minimum absolute atomic E-state index is 0.0560. The molecule has 3 aromatic rings. The fourth-order valence-electron chi connectivity index (χ4n) is 4.23. The molecule has 1 aliphatic heterocycles. The molecule has 2 fully saturated rings. The summed E-state index contributed by atoms with van der Waals surface area (Å²) < 4.78 is 32.4. The largest absolute Gasteiger partial charge is 0.477 e. The van der Waals surface area contributed by atoms with Crippen LogP contribution in [0.4, 0.5) is 20.2 Å². The lowest BCUT2D eigenvalue weighted by Crippen LogP contribution is -2.26. The van der Waals surface area contributed by atoms with E-state index in [0.29, 0.717) is 38.0 Å². The van der Waals surface area contributed by atoms with Gasteiger partial charge in [0.2, 0.25) is 5.43 Å². The summed E-state index contributed by atoms with van der Waals surface area (Å²) in [7, 11) is 0. The van der Waals surface area contributed by atoms with E-state index in [0.717, 1.165) is 6.20 Å². The lowest BCUT2D eigenvalue weighted by molar-refractivity contribution is 0.0695. The number of carboxylic acid groups (broad SMARTS) is 1. The number of pyridine rings is 1. The molecule has 0 unspecified atom stereocenters. The average Bonchev–Trinajstić information content (AvgIpc) is 3.20. The van der Waals surface area contributed by atoms with Crippen molar-refractivity contribution in [1.82, 2.24) is 20.0 Å². The molecule has 30 heavy (non-hydrogen) atoms. The maximum Gasteiger partial charge on any atom is 0.341 e. The molecule has 2 aliphatic rings. The normalized spacial score (nSPS) is 19.0. The first-order valence-electron chi connectivity index (χ1n) is 9.57. The molecule has 3 heterocycles. The third kappa shape index (κ3) is 2.65. The van der Waals surface area contributed by atoms with E-state index in [-0.39, 0.29) is 23.2 Å². The van der Waals surface area contributed by atoms with Crippen LogP contribution < -0.4 is 16.1 Å². The zero-order valence-corrected chi connectivity index (χ0v) is 15.7. The molecule has 9 nitrogen and oxygen atoms in total. The first-order chi connectivity index (χ1) is 14.4. The Hall–Kier alpha value is -3.50. The van der Waals surface area contributed by atoms with E-state index in [2.05, 4.69) is 15.4 Å². The first-order valence-corrected chi connectivity index (χ1v) is 9.57. The number of rotatable bonds is 4. The van der Waals surface area contributed by atoms with Crippen molar-refractivity contribution in [1.29, 1.82) is 0 Å². The highest BCUT2D eigenvalue weighted by Gasteiger charge is 2.35. The van der Waals surface area contributed by atoms with Crippen LogP contribution in [-0.2, 0) is 0 Å². The van der Waals surface area contributed by atoms with Gasteiger partial charge >= 0.3 is 5.97 Å². The summed E-state index contributed by atoms with van der Waals surface area (Å²) in [6.45, 7) is 0.684. The highest BCUT2D eigenvalue weighted by atomic mass is 19.1. The molecule has 156 valence electrons. The standard InChI is InChI=1S/C19H18F2N6O3/c20-13-15(22)12-16(27(9-1-2-9)7-10(18(12)28)19(29)30)14(21)17(13)26-4-3-8(6-26)11-5-23-25-24-11/h5,7-9H,1-4,6,22H2,(H,29,30)(H,23,24,25)/t8-/m1/s1. The van der Waals surface area contributed by atoms with E-state index in [1.807, 2.05) is 0 Å². The number of nitrogens with zero attached hydrogens (tertiary/aromatic N) is 4. The van der Waals surface area contributed by atoms with Crippen LogP contribution >= 0.6 is 0 Å². The second-order valence-electron chi connectivity index (χ2n) is 7.76. The van der Waals surface area contributed by atoms with Gasteiger partial charge in [-0.2, -0.15) is 15.4 Å². The molecular weight excluding hydrogens is 398 g/mol. The zero-order chi connectivity index (χ0) is 21.2. The Morgan fingerprint density at radius 1 is 1.27 bits per heavy atom. The van der Waals surface area contributed by atoms with Gasteiger partial charge in [0.1, 0.15) is 11.3 Å². The molecule has 1 saturated heterocycles. The number of nitrogens with two attached hydrogens (primary N) is 1. The molecule has 0 bridgehead atoms. The average molecular weight is 416 g/mol. The van der Waals surface area contributed by atoms with Gasteiger partial charge in [-0.3, -0.25) is 4.79 Å². The Balaban J connectivity index is 1.71. The van der Waals surface area contributed by atoms with E-state index in [1.54, 1.807) is 11.1 Å². The number of carboxylic acids is 1. The van der Waals surface area contributed by atoms with Crippen molar-refractivity contribution in [2.75, 3.05) is 23.7 Å². The van der Waals surface area contributed by atoms with Crippen LogP contribution in [0.3, 0.4) is 0 Å². The van der Waals surface area contributed by atoms with Crippen molar-refractivity contribution in [3.05, 3.63) is 45.5 Å². The second kappa shape index (κ2) is 6.51. The number of anilines is 2. The molecule has 1 aromatic carbocycles. The molecule has 4 N–H and O–H groups in total. The van der Waals surface area contributed by atoms with Crippen LogP contribution in [0.25, 0.3) is 10.9 Å². The number of carbonyl (C=O) groups is 1. The fourth-order valence-corrected chi connectivity index (χ4v) is 4.23. The van der Waals surface area contributed by atoms with E-state index in [4.69, 9.17) is 5.73 Å². The molecule has 1 aliphatic carbocycles. The van der Waals surface area contributed by atoms with Gasteiger partial charge in [-0.05, 0) is 19.3 Å². The van der Waals surface area contributed by atoms with Crippen LogP contribution in [0.5, 0.6) is 0 Å². The summed E-state index contributed by atoms with van der Waals surface area (Å²) in [6.07, 6.45) is 4.75. The zero-order valence-electron chi connectivity index (χ0n) is 15.7. The van der Waals surface area contributed by atoms with Crippen LogP contribution in [0.15, 0.2) is 17.2 Å². The molecule has 0 radical (unpaired) electrons. The number of fused-ring (bicyclic) bond motifs is 1. The third-order valence-electron chi connectivity index (χ3n) is 5.89. The van der Waals surface area contributed by atoms with E-state index < -0.39 is 39.7 Å². The van der Waals surface area contributed by atoms with Crippen LogP contribution in [0.2, 0.25) is 0 Å². The quantitative estimate of drug-likeness (QED) is 0.555. The van der Waals surface area contributed by atoms with Gasteiger partial charge in [-0.1, -0.05) is 0 Å². The molecule has 1 saturated carbocycles. The Kier molecular flexibility index (Phi) is 4.02. The van der Waals surface area contributed by atoms with Crippen LogP contribution in [0.1, 0.15) is 47.3 Å². The molecule has 0 spiro atoms. The topological polar surface area (TPSA) is 130 Å². The fraction of sp³-hybridized carbons (Fsp3) is 0.368. The number of benzene rings is 1. The second-order valence-corrected chi connectivity index (χ2v) is 7.76. The molecule has 1 atom stereocenters. The Labute approximate surface area is 168 Å². The monoisotopic (exact) mass is 416 g/mol. The van der Waals surface area contributed by atoms with Crippen LogP contribution in [0, 0.1) is 11.6 Å². The van der Waals surface area contributed by atoms with Gasteiger partial charge in [0.25, 0.3) is 0 Å². The maximum atomic E-state index is 15.7. The summed E-state index contributed by atoms with van der Waals surface area (Å²) >= 11 is 0. The number of hydrogen-bond acceptors (Lipinski definition) is 6. The Morgan fingerprint density at radius 2 is 2.03 bits per heavy atom. The smallest absolute Gasteiger partial charge is 0.341 e. The highest BCUT2D eigenvalue weighted by Crippen LogP contribution is 2.42. The van der Waals surface area contributed by atoms with E-state index >= 15 is 8.78 Å². The number of H-pyrrole nitrogens is 1. The predicted octanol–water partition coefficient (Wildman–Crippen LogP) is 2.01. The van der Waals surface area contributed by atoms with Crippen molar-refractivity contribution < 1.29 is 18.7 Å². The number of aromatic nitrogens is 4. The molecule has 0 amide bonds. The van der Waals surface area contributed by atoms with Crippen molar-refractivity contribution >= 4 is 28.2 Å². The van der Waals surface area contributed by atoms with Crippen molar-refractivity contribution in [2.45, 2.75) is 31.2 Å². The van der Waals surface area contributed by atoms with Gasteiger partial charge in [0.05, 0.1) is 28.5 Å². The summed E-state index contributed by atoms with van der Waals surface area (Å²) in [5.74, 6) is -3.48. The highest BCUT2D eigenvalue weighted by molar-refractivity contribution is 5.99. The van der Waals surface area contributed by atoms with Gasteiger partial charge in [0.15, 0.2) is 11.6 Å². The third-order valence-corrected chi connectivity index (χ3v) is 5.89. The summed E-state index contributed by atoms with van der Waals surface area (Å²) in [5.41, 5.74) is 4.12. The lowest BCUT2D eigenvalue weighted by atomic mass is 10.1. The van der Waals surface area contributed by atoms with E-state index in [1.165, 1.54) is 4.57 Å². The molecule has 11 heteroatoms. The minimum atomic E-state index is -1.46. The van der Waals surface area contributed by atoms with Crippen LogP contribution in [-0.4, -0.2) is 44.1 Å². The summed E-state index contributed by atoms with van der Waals surface area (Å²) in [4.78, 5) is 25.7. The molecular formula is C19H18F2N6O3. The van der Waals surface area contributed by atoms with E-state index in [9.17, 15) is 14.7 Å². The van der Waals surface area contributed by atoms with Crippen molar-refractivity contribution in [3.63, 3.8) is 0 Å². The lowest BCUT2D eigenvalue weighted by Gasteiger charge is -2.23. The maximum absolute atomic E-state index is 15.7. The molecule has 5 rings (SSSR count). The van der Waals surface area contributed by atoms with Gasteiger partial charge in [0, 0.05) is 31.2 Å². The van der Waals surface area contributed by atoms with Gasteiger partial charge in [-0.15, -0.1) is 0 Å². The Morgan fingerprint density at radius 3 is 2.67 bits per heavy atom. The number of aromatic carboxylic acids is 1. The number of hydrogen-bond donors (Lipinski definition) is 3. The van der Waals surface area contributed by atoms with Crippen molar-refractivity contribution in [3.8, 4) is 0 Å². The van der Waals surface area contributed by atoms with Crippen molar-refractivity contribution in [2.24, 2.45) is 0 Å². The Bertz CT molecular complexity index is 1240. The number of aromatic amines is 1. The number of nitrogens with one attached hydrogen (secondary N) is 1. The number of halogens is 2.